The first kappa shape index (κ1) is 14.3. The van der Waals surface area contributed by atoms with Crippen LogP contribution in [0.4, 0.5) is 0 Å². The molecular formula is C16H32N2. The molecule has 2 rings (SSSR count). The molecule has 2 heteroatoms. The summed E-state index contributed by atoms with van der Waals surface area (Å²) in [5.74, 6) is 0.766. The monoisotopic (exact) mass is 252 g/mol. The van der Waals surface area contributed by atoms with Gasteiger partial charge in [-0.3, -0.25) is 4.90 Å². The van der Waals surface area contributed by atoms with Gasteiger partial charge >= 0.3 is 0 Å². The SMILES string of the molecule is CCC1(C)CCN(C(CNC2CC2)C(C)C)CC1. The molecule has 106 valence electrons. The maximum atomic E-state index is 3.73. The standard InChI is InChI=1S/C16H32N2/c1-5-16(4)8-10-18(11-9-16)15(13(2)3)12-17-14-6-7-14/h13-15,17H,5-12H2,1-4H3. The molecule has 1 N–H and O–H groups in total. The second kappa shape index (κ2) is 5.92. The highest BCUT2D eigenvalue weighted by Gasteiger charge is 2.33. The smallest absolute Gasteiger partial charge is 0.0243 e. The van der Waals surface area contributed by atoms with Gasteiger partial charge in [-0.25, -0.2) is 0 Å². The van der Waals surface area contributed by atoms with Crippen LogP contribution in [-0.4, -0.2) is 36.6 Å². The van der Waals surface area contributed by atoms with E-state index in [0.29, 0.717) is 5.41 Å². The van der Waals surface area contributed by atoms with Gasteiger partial charge in [0.2, 0.25) is 0 Å². The first-order chi connectivity index (χ1) is 8.54. The fourth-order valence-electron chi connectivity index (χ4n) is 3.11. The van der Waals surface area contributed by atoms with Crippen LogP contribution < -0.4 is 5.32 Å². The molecule has 18 heavy (non-hydrogen) atoms. The molecule has 0 spiro atoms. The summed E-state index contributed by atoms with van der Waals surface area (Å²) in [5.41, 5.74) is 0.613. The van der Waals surface area contributed by atoms with E-state index in [1.54, 1.807) is 0 Å². The van der Waals surface area contributed by atoms with Crippen LogP contribution in [0.15, 0.2) is 0 Å². The third kappa shape index (κ3) is 3.71. The molecule has 2 nitrogen and oxygen atoms in total. The van der Waals surface area contributed by atoms with Crippen LogP contribution in [0.1, 0.15) is 59.8 Å². The van der Waals surface area contributed by atoms with E-state index >= 15 is 0 Å². The molecule has 1 aliphatic heterocycles. The predicted molar refractivity (Wildman–Crippen MR) is 78.9 cm³/mol. The van der Waals surface area contributed by atoms with Crippen LogP contribution in [0.5, 0.6) is 0 Å². The zero-order valence-electron chi connectivity index (χ0n) is 12.8. The van der Waals surface area contributed by atoms with E-state index in [9.17, 15) is 0 Å². The van der Waals surface area contributed by atoms with Gasteiger partial charge in [0.05, 0.1) is 0 Å². The number of hydrogen-bond acceptors (Lipinski definition) is 2. The summed E-state index contributed by atoms with van der Waals surface area (Å²) in [7, 11) is 0. The Bertz CT molecular complexity index is 250. The Hall–Kier alpha value is -0.0800. The zero-order valence-corrected chi connectivity index (χ0v) is 12.8. The number of nitrogens with zero attached hydrogens (tertiary/aromatic N) is 1. The van der Waals surface area contributed by atoms with Crippen molar-refractivity contribution < 1.29 is 0 Å². The highest BCUT2D eigenvalue weighted by molar-refractivity contribution is 4.89. The molecule has 0 amide bonds. The van der Waals surface area contributed by atoms with E-state index in [1.807, 2.05) is 0 Å². The minimum absolute atomic E-state index is 0.613. The Morgan fingerprint density at radius 3 is 2.28 bits per heavy atom. The van der Waals surface area contributed by atoms with Crippen molar-refractivity contribution in [3.63, 3.8) is 0 Å². The maximum Gasteiger partial charge on any atom is 0.0243 e. The average Bonchev–Trinajstić information content (AvgIpc) is 3.15. The molecule has 0 aromatic heterocycles. The second-order valence-electron chi connectivity index (χ2n) is 7.19. The molecule has 1 unspecified atom stereocenters. The van der Waals surface area contributed by atoms with Crippen LogP contribution in [-0.2, 0) is 0 Å². The fraction of sp³-hybridized carbons (Fsp3) is 1.00. The summed E-state index contributed by atoms with van der Waals surface area (Å²) in [6, 6.07) is 1.59. The topological polar surface area (TPSA) is 15.3 Å². The molecule has 1 aliphatic carbocycles. The van der Waals surface area contributed by atoms with Crippen LogP contribution in [0.25, 0.3) is 0 Å². The van der Waals surface area contributed by atoms with E-state index in [1.165, 1.54) is 51.7 Å². The average molecular weight is 252 g/mol. The summed E-state index contributed by atoms with van der Waals surface area (Å²) in [6.07, 6.45) is 6.91. The van der Waals surface area contributed by atoms with Crippen LogP contribution in [0, 0.1) is 11.3 Å². The molecule has 2 fully saturated rings. The molecule has 0 aromatic rings. The lowest BCUT2D eigenvalue weighted by molar-refractivity contribution is 0.0622. The van der Waals surface area contributed by atoms with Gasteiger partial charge in [0.25, 0.3) is 0 Å². The van der Waals surface area contributed by atoms with Gasteiger partial charge in [0.15, 0.2) is 0 Å². The first-order valence-corrected chi connectivity index (χ1v) is 8.01. The Balaban J connectivity index is 1.83. The molecule has 2 aliphatic rings. The molecule has 1 saturated carbocycles. The van der Waals surface area contributed by atoms with Gasteiger partial charge < -0.3 is 5.32 Å². The van der Waals surface area contributed by atoms with Crippen molar-refractivity contribution in [1.82, 2.24) is 10.2 Å². The molecule has 1 saturated heterocycles. The largest absolute Gasteiger partial charge is 0.312 e. The van der Waals surface area contributed by atoms with E-state index in [-0.39, 0.29) is 0 Å². The summed E-state index contributed by atoms with van der Waals surface area (Å²) >= 11 is 0. The van der Waals surface area contributed by atoms with Crippen molar-refractivity contribution in [3.05, 3.63) is 0 Å². The molecule has 1 atom stereocenters. The quantitative estimate of drug-likeness (QED) is 0.780. The van der Waals surface area contributed by atoms with E-state index in [4.69, 9.17) is 0 Å². The Morgan fingerprint density at radius 1 is 1.22 bits per heavy atom. The second-order valence-corrected chi connectivity index (χ2v) is 7.19. The lowest BCUT2D eigenvalue weighted by Gasteiger charge is -2.44. The van der Waals surface area contributed by atoms with Crippen LogP contribution in [0.2, 0.25) is 0 Å². The normalized spacial score (nSPS) is 26.5. The van der Waals surface area contributed by atoms with Gasteiger partial charge in [-0.1, -0.05) is 34.1 Å². The Kier molecular flexibility index (Phi) is 4.71. The van der Waals surface area contributed by atoms with Gasteiger partial charge in [0, 0.05) is 18.6 Å². The molecule has 0 bridgehead atoms. The zero-order chi connectivity index (χ0) is 13.2. The van der Waals surface area contributed by atoms with Gasteiger partial charge in [-0.05, 0) is 50.1 Å². The third-order valence-corrected chi connectivity index (χ3v) is 5.29. The van der Waals surface area contributed by atoms with Gasteiger partial charge in [-0.15, -0.1) is 0 Å². The third-order valence-electron chi connectivity index (χ3n) is 5.29. The van der Waals surface area contributed by atoms with E-state index in [2.05, 4.69) is 37.9 Å². The van der Waals surface area contributed by atoms with Crippen LogP contribution in [0.3, 0.4) is 0 Å². The molecule has 0 aromatic carbocycles. The van der Waals surface area contributed by atoms with Crippen molar-refractivity contribution in [2.75, 3.05) is 19.6 Å². The number of nitrogens with one attached hydrogen (secondary N) is 1. The van der Waals surface area contributed by atoms with Crippen molar-refractivity contribution in [2.24, 2.45) is 11.3 Å². The minimum atomic E-state index is 0.613. The Morgan fingerprint density at radius 2 is 1.83 bits per heavy atom. The summed E-state index contributed by atoms with van der Waals surface area (Å²) < 4.78 is 0. The van der Waals surface area contributed by atoms with Crippen molar-refractivity contribution >= 4 is 0 Å². The summed E-state index contributed by atoms with van der Waals surface area (Å²) in [6.45, 7) is 13.4. The van der Waals surface area contributed by atoms with Gasteiger partial charge in [0.1, 0.15) is 0 Å². The number of likely N-dealkylation sites (tertiary alicyclic amines) is 1. The number of piperidine rings is 1. The van der Waals surface area contributed by atoms with Crippen molar-refractivity contribution in [3.8, 4) is 0 Å². The van der Waals surface area contributed by atoms with E-state index < -0.39 is 0 Å². The minimum Gasteiger partial charge on any atom is -0.312 e. The fourth-order valence-corrected chi connectivity index (χ4v) is 3.11. The van der Waals surface area contributed by atoms with Crippen molar-refractivity contribution in [1.29, 1.82) is 0 Å². The first-order valence-electron chi connectivity index (χ1n) is 8.01. The highest BCUT2D eigenvalue weighted by atomic mass is 15.2. The lowest BCUT2D eigenvalue weighted by atomic mass is 9.77. The summed E-state index contributed by atoms with van der Waals surface area (Å²) in [4.78, 5) is 2.75. The predicted octanol–water partition coefficient (Wildman–Crippen LogP) is 3.28. The highest BCUT2D eigenvalue weighted by Crippen LogP contribution is 2.35. The summed E-state index contributed by atoms with van der Waals surface area (Å²) in [5, 5.41) is 3.73. The maximum absolute atomic E-state index is 3.73. The van der Waals surface area contributed by atoms with Crippen molar-refractivity contribution in [2.45, 2.75) is 71.9 Å². The molecule has 0 radical (unpaired) electrons. The lowest BCUT2D eigenvalue weighted by Crippen LogP contribution is -2.50. The molecular weight excluding hydrogens is 220 g/mol. The van der Waals surface area contributed by atoms with Crippen LogP contribution >= 0.6 is 0 Å². The Labute approximate surface area is 114 Å². The van der Waals surface area contributed by atoms with E-state index in [0.717, 1.165) is 18.0 Å². The number of rotatable bonds is 6. The van der Waals surface area contributed by atoms with Gasteiger partial charge in [-0.2, -0.15) is 0 Å². The molecule has 1 heterocycles. The number of hydrogen-bond donors (Lipinski definition) is 1.